The summed E-state index contributed by atoms with van der Waals surface area (Å²) in [7, 11) is 1.64. The summed E-state index contributed by atoms with van der Waals surface area (Å²) in [5, 5.41) is 5.39. The Kier molecular flexibility index (Phi) is 6.18. The van der Waals surface area contributed by atoms with Gasteiger partial charge in [-0.3, -0.25) is 15.1 Å². The zero-order valence-electron chi connectivity index (χ0n) is 18.3. The summed E-state index contributed by atoms with van der Waals surface area (Å²) < 4.78 is 11.2. The minimum atomic E-state index is -0.192. The minimum absolute atomic E-state index is 0.192. The van der Waals surface area contributed by atoms with Gasteiger partial charge in [-0.15, -0.1) is 11.3 Å². The molecule has 0 aliphatic rings. The normalized spacial score (nSPS) is 10.6. The number of amides is 1. The van der Waals surface area contributed by atoms with Crippen LogP contribution < -0.4 is 14.8 Å². The number of hydrogen-bond donors (Lipinski definition) is 1. The van der Waals surface area contributed by atoms with Crippen LogP contribution in [0.5, 0.6) is 17.2 Å². The summed E-state index contributed by atoms with van der Waals surface area (Å²) in [5.41, 5.74) is 5.35. The molecule has 0 fully saturated rings. The quantitative estimate of drug-likeness (QED) is 0.383. The molecule has 0 saturated heterocycles. The molecular formula is C25H23N3O3S. The zero-order chi connectivity index (χ0) is 22.7. The second-order valence-corrected chi connectivity index (χ2v) is 8.25. The lowest BCUT2D eigenvalue weighted by molar-refractivity contribution is 0.102. The molecular weight excluding hydrogens is 422 g/mol. The highest BCUT2D eigenvalue weighted by atomic mass is 32.1. The summed E-state index contributed by atoms with van der Waals surface area (Å²) in [6.45, 7) is 5.92. The molecule has 2 aromatic carbocycles. The number of nitrogens with one attached hydrogen (secondary N) is 1. The van der Waals surface area contributed by atoms with E-state index in [0.29, 0.717) is 10.7 Å². The minimum Gasteiger partial charge on any atom is -0.497 e. The van der Waals surface area contributed by atoms with Gasteiger partial charge in [-0.1, -0.05) is 0 Å². The van der Waals surface area contributed by atoms with E-state index < -0.39 is 0 Å². The molecule has 2 aromatic heterocycles. The third-order valence-electron chi connectivity index (χ3n) is 5.05. The fraction of sp³-hybridized carbons (Fsp3) is 0.160. The number of aryl methyl sites for hydroxylation is 3. The Morgan fingerprint density at radius 1 is 0.938 bits per heavy atom. The van der Waals surface area contributed by atoms with Crippen molar-refractivity contribution >= 4 is 22.4 Å². The van der Waals surface area contributed by atoms with Crippen molar-refractivity contribution in [3.05, 3.63) is 82.5 Å². The maximum absolute atomic E-state index is 12.6. The average Bonchev–Trinajstić information content (AvgIpc) is 3.22. The Bertz CT molecular complexity index is 1240. The van der Waals surface area contributed by atoms with Crippen molar-refractivity contribution in [3.63, 3.8) is 0 Å². The van der Waals surface area contributed by atoms with Gasteiger partial charge in [0, 0.05) is 28.9 Å². The van der Waals surface area contributed by atoms with Crippen molar-refractivity contribution in [1.82, 2.24) is 9.97 Å². The van der Waals surface area contributed by atoms with E-state index in [1.54, 1.807) is 25.6 Å². The van der Waals surface area contributed by atoms with Crippen LogP contribution in [0.3, 0.4) is 0 Å². The first-order chi connectivity index (χ1) is 15.4. The molecule has 32 heavy (non-hydrogen) atoms. The van der Waals surface area contributed by atoms with E-state index in [2.05, 4.69) is 15.3 Å². The van der Waals surface area contributed by atoms with Gasteiger partial charge in [0.15, 0.2) is 5.13 Å². The molecule has 0 saturated carbocycles. The second kappa shape index (κ2) is 9.20. The zero-order valence-corrected chi connectivity index (χ0v) is 19.1. The lowest BCUT2D eigenvalue weighted by Crippen LogP contribution is -2.13. The highest BCUT2D eigenvalue weighted by molar-refractivity contribution is 7.14. The molecule has 0 spiro atoms. The molecule has 0 unspecified atom stereocenters. The first-order valence-electron chi connectivity index (χ1n) is 10.1. The number of methoxy groups -OCH3 is 1. The Balaban J connectivity index is 1.53. The van der Waals surface area contributed by atoms with E-state index in [0.717, 1.165) is 45.2 Å². The van der Waals surface area contributed by atoms with Gasteiger partial charge in [-0.2, -0.15) is 0 Å². The maximum Gasteiger partial charge on any atom is 0.257 e. The molecule has 0 radical (unpaired) electrons. The van der Waals surface area contributed by atoms with Crippen LogP contribution in [-0.4, -0.2) is 23.0 Å². The lowest BCUT2D eigenvalue weighted by Gasteiger charge is -2.12. The van der Waals surface area contributed by atoms with Crippen molar-refractivity contribution in [2.24, 2.45) is 0 Å². The average molecular weight is 446 g/mol. The predicted octanol–water partition coefficient (Wildman–Crippen LogP) is 6.18. The van der Waals surface area contributed by atoms with Gasteiger partial charge in [-0.05, 0) is 79.9 Å². The third kappa shape index (κ3) is 4.63. The van der Waals surface area contributed by atoms with Crippen LogP contribution >= 0.6 is 11.3 Å². The highest BCUT2D eigenvalue weighted by Gasteiger charge is 2.15. The molecule has 1 N–H and O–H groups in total. The van der Waals surface area contributed by atoms with Crippen LogP contribution in [0.2, 0.25) is 0 Å². The van der Waals surface area contributed by atoms with Crippen LogP contribution in [0.4, 0.5) is 5.13 Å². The number of benzene rings is 2. The molecule has 6 nitrogen and oxygen atoms in total. The third-order valence-corrected chi connectivity index (χ3v) is 5.80. The van der Waals surface area contributed by atoms with Crippen LogP contribution in [0.15, 0.2) is 60.2 Å². The van der Waals surface area contributed by atoms with Gasteiger partial charge in [0.1, 0.15) is 17.2 Å². The first-order valence-corrected chi connectivity index (χ1v) is 10.9. The maximum atomic E-state index is 12.6. The van der Waals surface area contributed by atoms with E-state index in [1.165, 1.54) is 11.3 Å². The standard InChI is InChI=1S/C25H23N3O3S/c1-15-11-20(31-19-7-5-18(30-4)6-8-19)12-16(2)23(15)22-14-32-25(27-22)28-24(29)21-9-10-26-13-17(21)3/h5-14H,1-4H3,(H,27,28,29). The summed E-state index contributed by atoms with van der Waals surface area (Å²) in [5.74, 6) is 2.08. The smallest absolute Gasteiger partial charge is 0.257 e. The van der Waals surface area contributed by atoms with Crippen LogP contribution in [0.1, 0.15) is 27.0 Å². The number of hydrogen-bond acceptors (Lipinski definition) is 6. The molecule has 162 valence electrons. The van der Waals surface area contributed by atoms with Gasteiger partial charge < -0.3 is 9.47 Å². The van der Waals surface area contributed by atoms with E-state index in [9.17, 15) is 4.79 Å². The molecule has 0 aliphatic heterocycles. The topological polar surface area (TPSA) is 73.3 Å². The molecule has 0 bridgehead atoms. The number of thiazole rings is 1. The number of rotatable bonds is 6. The molecule has 7 heteroatoms. The van der Waals surface area contributed by atoms with Crippen LogP contribution in [-0.2, 0) is 0 Å². The molecule has 1 amide bonds. The summed E-state index contributed by atoms with van der Waals surface area (Å²) >= 11 is 1.40. The molecule has 2 heterocycles. The van der Waals surface area contributed by atoms with Crippen molar-refractivity contribution in [2.45, 2.75) is 20.8 Å². The Labute approximate surface area is 190 Å². The van der Waals surface area contributed by atoms with Crippen LogP contribution in [0.25, 0.3) is 11.3 Å². The number of carbonyl (C=O) groups is 1. The molecule has 0 aliphatic carbocycles. The Morgan fingerprint density at radius 3 is 2.28 bits per heavy atom. The highest BCUT2D eigenvalue weighted by Crippen LogP contribution is 2.34. The monoisotopic (exact) mass is 445 g/mol. The van der Waals surface area contributed by atoms with E-state index in [-0.39, 0.29) is 5.91 Å². The number of ether oxygens (including phenoxy) is 2. The number of pyridine rings is 1. The number of carbonyl (C=O) groups excluding carboxylic acids is 1. The number of aromatic nitrogens is 2. The van der Waals surface area contributed by atoms with Crippen LogP contribution in [0, 0.1) is 20.8 Å². The second-order valence-electron chi connectivity index (χ2n) is 7.39. The summed E-state index contributed by atoms with van der Waals surface area (Å²) in [6, 6.07) is 13.2. The van der Waals surface area contributed by atoms with Gasteiger partial charge >= 0.3 is 0 Å². The fourth-order valence-electron chi connectivity index (χ4n) is 3.51. The van der Waals surface area contributed by atoms with Crippen molar-refractivity contribution in [3.8, 4) is 28.5 Å². The van der Waals surface area contributed by atoms with E-state index >= 15 is 0 Å². The van der Waals surface area contributed by atoms with Gasteiger partial charge in [0.25, 0.3) is 5.91 Å². The van der Waals surface area contributed by atoms with Crippen molar-refractivity contribution < 1.29 is 14.3 Å². The Morgan fingerprint density at radius 2 is 1.62 bits per heavy atom. The first kappa shape index (κ1) is 21.5. The predicted molar refractivity (Wildman–Crippen MR) is 127 cm³/mol. The number of nitrogens with zero attached hydrogens (tertiary/aromatic N) is 2. The van der Waals surface area contributed by atoms with Gasteiger partial charge in [0.2, 0.25) is 0 Å². The molecule has 0 atom stereocenters. The number of anilines is 1. The van der Waals surface area contributed by atoms with Crippen molar-refractivity contribution in [2.75, 3.05) is 12.4 Å². The van der Waals surface area contributed by atoms with E-state index in [1.807, 2.05) is 62.5 Å². The Hall–Kier alpha value is -3.71. The fourth-order valence-corrected chi connectivity index (χ4v) is 4.20. The SMILES string of the molecule is COc1ccc(Oc2cc(C)c(-c3csc(NC(=O)c4ccncc4C)n3)c(C)c2)cc1. The van der Waals surface area contributed by atoms with Crippen molar-refractivity contribution in [1.29, 1.82) is 0 Å². The van der Waals surface area contributed by atoms with Gasteiger partial charge in [-0.25, -0.2) is 4.98 Å². The molecule has 4 aromatic rings. The largest absolute Gasteiger partial charge is 0.497 e. The summed E-state index contributed by atoms with van der Waals surface area (Å²) in [4.78, 5) is 21.3. The lowest BCUT2D eigenvalue weighted by atomic mass is 10.0. The van der Waals surface area contributed by atoms with E-state index in [4.69, 9.17) is 9.47 Å². The van der Waals surface area contributed by atoms with Gasteiger partial charge in [0.05, 0.1) is 12.8 Å². The molecule has 4 rings (SSSR count). The summed E-state index contributed by atoms with van der Waals surface area (Å²) in [6.07, 6.45) is 3.28.